The number of hydrogen-bond donors (Lipinski definition) is 1. The van der Waals surface area contributed by atoms with Crippen molar-refractivity contribution >= 4 is 32.8 Å². The fraction of sp³-hybridized carbons (Fsp3) is 0.455. The van der Waals surface area contributed by atoms with Crippen molar-refractivity contribution in [1.29, 1.82) is 0 Å². The molecule has 1 aliphatic heterocycles. The van der Waals surface area contributed by atoms with Crippen LogP contribution in [-0.4, -0.2) is 45.3 Å². The normalized spacial score (nSPS) is 19.5. The molecule has 0 unspecified atom stereocenters. The van der Waals surface area contributed by atoms with Gasteiger partial charge in [0.2, 0.25) is 10.0 Å². The summed E-state index contributed by atoms with van der Waals surface area (Å²) in [6, 6.07) is 4.92. The fourth-order valence-electron chi connectivity index (χ4n) is 2.13. The first-order valence-corrected chi connectivity index (χ1v) is 8.07. The number of fused-ring (bicyclic) bond motifs is 1. The quantitative estimate of drug-likeness (QED) is 0.908. The van der Waals surface area contributed by atoms with Gasteiger partial charge in [0.25, 0.3) is 0 Å². The first kappa shape index (κ1) is 12.9. The molecule has 0 atom stereocenters. The maximum Gasteiger partial charge on any atom is 0.245 e. The van der Waals surface area contributed by atoms with E-state index in [1.807, 2.05) is 6.92 Å². The molecular formula is C11H13N3O3S2. The lowest BCUT2D eigenvalue weighted by Gasteiger charge is -2.44. The molecular weight excluding hydrogens is 286 g/mol. The molecule has 0 radical (unpaired) electrons. The van der Waals surface area contributed by atoms with Crippen molar-refractivity contribution in [1.82, 2.24) is 13.1 Å². The molecule has 1 saturated heterocycles. The van der Waals surface area contributed by atoms with Gasteiger partial charge in [0.15, 0.2) is 0 Å². The predicted octanol–water partition coefficient (Wildman–Crippen LogP) is 0.837. The van der Waals surface area contributed by atoms with Crippen molar-refractivity contribution in [3.8, 4) is 0 Å². The number of sulfonamides is 1. The molecule has 0 amide bonds. The average molecular weight is 299 g/mol. The molecule has 2 aromatic rings. The summed E-state index contributed by atoms with van der Waals surface area (Å²) in [6.45, 7) is 2.12. The first-order valence-electron chi connectivity index (χ1n) is 5.90. The van der Waals surface area contributed by atoms with Gasteiger partial charge in [-0.3, -0.25) is 0 Å². The number of benzene rings is 1. The molecule has 1 fully saturated rings. The molecule has 1 aromatic carbocycles. The maximum atomic E-state index is 12.5. The zero-order valence-electron chi connectivity index (χ0n) is 10.3. The Balaban J connectivity index is 2.00. The maximum absolute atomic E-state index is 12.5. The Bertz CT molecular complexity index is 720. The molecule has 1 aliphatic rings. The zero-order valence-corrected chi connectivity index (χ0v) is 11.9. The molecule has 6 nitrogen and oxygen atoms in total. The number of nitrogens with zero attached hydrogens (tertiary/aromatic N) is 3. The van der Waals surface area contributed by atoms with Crippen molar-refractivity contribution < 1.29 is 13.5 Å². The highest BCUT2D eigenvalue weighted by Crippen LogP contribution is 2.32. The Hall–Kier alpha value is -1.09. The molecule has 0 spiro atoms. The molecule has 1 aromatic heterocycles. The minimum Gasteiger partial charge on any atom is -0.387 e. The minimum atomic E-state index is -3.60. The van der Waals surface area contributed by atoms with Crippen LogP contribution in [0.2, 0.25) is 0 Å². The molecule has 2 heterocycles. The lowest BCUT2D eigenvalue weighted by atomic mass is 9.94. The Kier molecular flexibility index (Phi) is 2.86. The van der Waals surface area contributed by atoms with E-state index < -0.39 is 15.6 Å². The number of aliphatic hydroxyl groups is 1. The lowest BCUT2D eigenvalue weighted by molar-refractivity contribution is -0.0613. The second kappa shape index (κ2) is 4.20. The van der Waals surface area contributed by atoms with E-state index in [9.17, 15) is 13.5 Å². The molecule has 8 heteroatoms. The van der Waals surface area contributed by atoms with Crippen molar-refractivity contribution in [2.24, 2.45) is 0 Å². The number of rotatable bonds is 3. The minimum absolute atomic E-state index is 0.139. The van der Waals surface area contributed by atoms with Crippen LogP contribution in [0.15, 0.2) is 23.1 Å². The van der Waals surface area contributed by atoms with Gasteiger partial charge in [-0.15, -0.1) is 0 Å². The summed E-state index contributed by atoms with van der Waals surface area (Å²) >= 11 is 0.992. The molecule has 1 N–H and O–H groups in total. The molecule has 19 heavy (non-hydrogen) atoms. The Morgan fingerprint density at radius 1 is 1.42 bits per heavy atom. The van der Waals surface area contributed by atoms with Crippen LogP contribution in [-0.2, 0) is 10.0 Å². The van der Waals surface area contributed by atoms with Crippen molar-refractivity contribution in [3.63, 3.8) is 0 Å². The summed E-state index contributed by atoms with van der Waals surface area (Å²) in [5.74, 6) is 0. The molecule has 3 rings (SSSR count). The van der Waals surface area contributed by atoms with E-state index in [1.54, 1.807) is 12.1 Å². The smallest absolute Gasteiger partial charge is 0.245 e. The van der Waals surface area contributed by atoms with E-state index >= 15 is 0 Å². The van der Waals surface area contributed by atoms with Gasteiger partial charge in [-0.1, -0.05) is 13.0 Å². The Morgan fingerprint density at radius 3 is 2.84 bits per heavy atom. The van der Waals surface area contributed by atoms with Crippen LogP contribution in [0.25, 0.3) is 11.0 Å². The summed E-state index contributed by atoms with van der Waals surface area (Å²) in [6.07, 6.45) is 0.543. The van der Waals surface area contributed by atoms with Gasteiger partial charge < -0.3 is 5.11 Å². The third-order valence-corrected chi connectivity index (χ3v) is 5.83. The second-order valence-corrected chi connectivity index (χ2v) is 7.17. The van der Waals surface area contributed by atoms with Crippen molar-refractivity contribution in [2.45, 2.75) is 23.8 Å². The molecule has 0 saturated carbocycles. The summed E-state index contributed by atoms with van der Waals surface area (Å²) < 4.78 is 34.3. The van der Waals surface area contributed by atoms with Gasteiger partial charge in [-0.05, 0) is 18.6 Å². The third kappa shape index (κ3) is 1.95. The van der Waals surface area contributed by atoms with Crippen molar-refractivity contribution in [2.75, 3.05) is 13.1 Å². The van der Waals surface area contributed by atoms with Crippen LogP contribution < -0.4 is 0 Å². The lowest BCUT2D eigenvalue weighted by Crippen LogP contribution is -2.62. The summed E-state index contributed by atoms with van der Waals surface area (Å²) in [7, 11) is -3.60. The topological polar surface area (TPSA) is 83.4 Å². The van der Waals surface area contributed by atoms with Gasteiger partial charge in [0.1, 0.15) is 15.9 Å². The predicted molar refractivity (Wildman–Crippen MR) is 71.4 cm³/mol. The zero-order chi connectivity index (χ0) is 13.7. The highest BCUT2D eigenvalue weighted by atomic mass is 32.2. The first-order chi connectivity index (χ1) is 8.96. The van der Waals surface area contributed by atoms with Gasteiger partial charge in [0.05, 0.1) is 17.3 Å². The van der Waals surface area contributed by atoms with Crippen LogP contribution in [0.5, 0.6) is 0 Å². The van der Waals surface area contributed by atoms with E-state index in [1.165, 1.54) is 10.4 Å². The SMILES string of the molecule is CCC1(O)CN(S(=O)(=O)c2cccc3nsnc23)C1. The van der Waals surface area contributed by atoms with Crippen LogP contribution in [0, 0.1) is 0 Å². The standard InChI is InChI=1S/C11H13N3O3S2/c1-2-11(15)6-14(7-11)19(16,17)9-5-3-4-8-10(9)13-18-12-8/h3-5,15H,2,6-7H2,1H3. The van der Waals surface area contributed by atoms with Gasteiger partial charge in [-0.2, -0.15) is 13.1 Å². The Morgan fingerprint density at radius 2 is 2.16 bits per heavy atom. The Labute approximate surface area is 115 Å². The van der Waals surface area contributed by atoms with Crippen LogP contribution in [0.3, 0.4) is 0 Å². The van der Waals surface area contributed by atoms with E-state index in [0.29, 0.717) is 17.5 Å². The van der Waals surface area contributed by atoms with Crippen LogP contribution >= 0.6 is 11.7 Å². The van der Waals surface area contributed by atoms with E-state index in [-0.39, 0.29) is 18.0 Å². The number of β-amino-alcohol motifs (C(OH)–C–C–N with tert-alkyl or cyclic N) is 1. The summed E-state index contributed by atoms with van der Waals surface area (Å²) in [4.78, 5) is 0.164. The molecule has 0 bridgehead atoms. The highest BCUT2D eigenvalue weighted by Gasteiger charge is 2.46. The summed E-state index contributed by atoms with van der Waals surface area (Å²) in [5.41, 5.74) is 0.0955. The van der Waals surface area contributed by atoms with Gasteiger partial charge >= 0.3 is 0 Å². The van der Waals surface area contributed by atoms with Gasteiger partial charge in [0, 0.05) is 13.1 Å². The van der Waals surface area contributed by atoms with Crippen LogP contribution in [0.1, 0.15) is 13.3 Å². The number of aromatic nitrogens is 2. The van der Waals surface area contributed by atoms with E-state index in [2.05, 4.69) is 8.75 Å². The highest BCUT2D eigenvalue weighted by molar-refractivity contribution is 7.89. The van der Waals surface area contributed by atoms with Gasteiger partial charge in [-0.25, -0.2) is 8.42 Å². The van der Waals surface area contributed by atoms with Crippen molar-refractivity contribution in [3.05, 3.63) is 18.2 Å². The van der Waals surface area contributed by atoms with Crippen LogP contribution in [0.4, 0.5) is 0 Å². The monoisotopic (exact) mass is 299 g/mol. The van der Waals surface area contributed by atoms with E-state index in [4.69, 9.17) is 0 Å². The number of hydrogen-bond acceptors (Lipinski definition) is 6. The van der Waals surface area contributed by atoms with E-state index in [0.717, 1.165) is 11.7 Å². The molecule has 102 valence electrons. The summed E-state index contributed by atoms with van der Waals surface area (Å²) in [5, 5.41) is 9.94. The third-order valence-electron chi connectivity index (χ3n) is 3.47. The molecule has 0 aliphatic carbocycles. The largest absolute Gasteiger partial charge is 0.387 e. The second-order valence-electron chi connectivity index (χ2n) is 4.74. The average Bonchev–Trinajstić information content (AvgIpc) is 2.82. The fourth-order valence-corrected chi connectivity index (χ4v) is 4.48.